The van der Waals surface area contributed by atoms with Gasteiger partial charge in [0.2, 0.25) is 5.91 Å². The molecule has 152 valence electrons. The lowest BCUT2D eigenvalue weighted by atomic mass is 10.1. The second kappa shape index (κ2) is 9.65. The van der Waals surface area contributed by atoms with E-state index in [-0.39, 0.29) is 30.3 Å². The summed E-state index contributed by atoms with van der Waals surface area (Å²) in [5, 5.41) is 5.48. The van der Waals surface area contributed by atoms with Gasteiger partial charge in [0.1, 0.15) is 6.04 Å². The van der Waals surface area contributed by atoms with Gasteiger partial charge in [-0.15, -0.1) is 12.4 Å². The quantitative estimate of drug-likeness (QED) is 0.637. The van der Waals surface area contributed by atoms with E-state index in [0.29, 0.717) is 13.0 Å². The molecule has 1 aromatic carbocycles. The summed E-state index contributed by atoms with van der Waals surface area (Å²) in [7, 11) is 0. The van der Waals surface area contributed by atoms with Crippen LogP contribution in [0.25, 0.3) is 10.9 Å². The van der Waals surface area contributed by atoms with Gasteiger partial charge in [-0.1, -0.05) is 28.1 Å². The Morgan fingerprint density at radius 3 is 2.75 bits per heavy atom. The number of hydrogen-bond donors (Lipinski definition) is 3. The Morgan fingerprint density at radius 1 is 1.32 bits per heavy atom. The van der Waals surface area contributed by atoms with Gasteiger partial charge in [0.15, 0.2) is 0 Å². The summed E-state index contributed by atoms with van der Waals surface area (Å²) in [6.45, 7) is 4.10. The maximum Gasteiger partial charge on any atom is 0.253 e. The third-order valence-corrected chi connectivity index (χ3v) is 5.13. The van der Waals surface area contributed by atoms with Crippen LogP contribution in [0.15, 0.2) is 34.8 Å². The number of nitrogens with zero attached hydrogens (tertiary/aromatic N) is 2. The molecule has 0 aliphatic carbocycles. The molecule has 1 fully saturated rings. The summed E-state index contributed by atoms with van der Waals surface area (Å²) < 4.78 is 0.960. The number of benzene rings is 1. The Kier molecular flexibility index (Phi) is 7.77. The van der Waals surface area contributed by atoms with Crippen molar-refractivity contribution in [2.45, 2.75) is 44.8 Å². The maximum absolute atomic E-state index is 12.7. The number of nitrogens with one attached hydrogen (secondary N) is 2. The van der Waals surface area contributed by atoms with Gasteiger partial charge >= 0.3 is 0 Å². The fraction of sp³-hybridized carbons (Fsp3) is 0.421. The first kappa shape index (κ1) is 22.5. The number of carbonyl (C=O) groups is 2. The monoisotopic (exact) mass is 469 g/mol. The Balaban J connectivity index is 0.00000280. The smallest absolute Gasteiger partial charge is 0.253 e. The SMILES string of the molecule is C[C@H](N)C(=O)N1CCC[C@@H](C(=O)N[C@H](C)c2ccc3ccc(Br)cc3n2)N1.Cl. The number of aromatic nitrogens is 1. The first-order valence-electron chi connectivity index (χ1n) is 9.05. The Hall–Kier alpha value is -1.74. The predicted molar refractivity (Wildman–Crippen MR) is 115 cm³/mol. The minimum Gasteiger partial charge on any atom is -0.347 e. The van der Waals surface area contributed by atoms with Crippen LogP contribution in [-0.4, -0.2) is 40.4 Å². The van der Waals surface area contributed by atoms with Crippen LogP contribution >= 0.6 is 28.3 Å². The van der Waals surface area contributed by atoms with Crippen LogP contribution in [0.4, 0.5) is 0 Å². The zero-order valence-corrected chi connectivity index (χ0v) is 18.2. The van der Waals surface area contributed by atoms with Crippen molar-refractivity contribution in [2.24, 2.45) is 5.73 Å². The summed E-state index contributed by atoms with van der Waals surface area (Å²) in [5.74, 6) is -0.358. The number of hydrogen-bond acceptors (Lipinski definition) is 5. The third-order valence-electron chi connectivity index (χ3n) is 4.64. The molecule has 2 aromatic rings. The molecule has 0 saturated carbocycles. The van der Waals surface area contributed by atoms with Crippen molar-refractivity contribution in [3.05, 3.63) is 40.5 Å². The van der Waals surface area contributed by atoms with Crippen molar-refractivity contribution < 1.29 is 9.59 Å². The summed E-state index contributed by atoms with van der Waals surface area (Å²) in [4.78, 5) is 29.4. The zero-order chi connectivity index (χ0) is 19.6. The number of amides is 2. The lowest BCUT2D eigenvalue weighted by molar-refractivity contribution is -0.140. The second-order valence-corrected chi connectivity index (χ2v) is 7.82. The Morgan fingerprint density at radius 2 is 2.04 bits per heavy atom. The van der Waals surface area contributed by atoms with E-state index < -0.39 is 12.1 Å². The summed E-state index contributed by atoms with van der Waals surface area (Å²) in [6.07, 6.45) is 1.42. The first-order chi connectivity index (χ1) is 12.8. The van der Waals surface area contributed by atoms with Crippen molar-refractivity contribution in [2.75, 3.05) is 6.54 Å². The number of pyridine rings is 1. The Labute approximate surface area is 178 Å². The van der Waals surface area contributed by atoms with E-state index in [9.17, 15) is 9.59 Å². The molecule has 4 N–H and O–H groups in total. The van der Waals surface area contributed by atoms with Crippen molar-refractivity contribution in [3.8, 4) is 0 Å². The summed E-state index contributed by atoms with van der Waals surface area (Å²) >= 11 is 3.45. The minimum absolute atomic E-state index is 0. The van der Waals surface area contributed by atoms with Crippen molar-refractivity contribution in [3.63, 3.8) is 0 Å². The standard InChI is InChI=1S/C19H24BrN5O2.ClH/c1-11(21)19(27)25-9-3-4-16(24-25)18(26)22-12(2)15-8-6-13-5-7-14(20)10-17(13)23-15;/h5-8,10-12,16,24H,3-4,9,21H2,1-2H3,(H,22,26);1H/t11-,12+,16-;/m0./s1. The highest BCUT2D eigenvalue weighted by molar-refractivity contribution is 9.10. The largest absolute Gasteiger partial charge is 0.347 e. The number of rotatable bonds is 4. The fourth-order valence-electron chi connectivity index (χ4n) is 3.12. The lowest BCUT2D eigenvalue weighted by Crippen LogP contribution is -2.60. The molecule has 1 aromatic heterocycles. The van der Waals surface area contributed by atoms with Crippen LogP contribution in [0.2, 0.25) is 0 Å². The molecule has 2 heterocycles. The van der Waals surface area contributed by atoms with Gasteiger partial charge in [0.25, 0.3) is 5.91 Å². The van der Waals surface area contributed by atoms with E-state index in [1.807, 2.05) is 37.3 Å². The van der Waals surface area contributed by atoms with Crippen molar-refractivity contribution in [1.29, 1.82) is 0 Å². The molecule has 1 aliphatic heterocycles. The molecule has 3 rings (SSSR count). The molecule has 0 radical (unpaired) electrons. The van der Waals surface area contributed by atoms with E-state index in [1.54, 1.807) is 6.92 Å². The molecule has 1 aliphatic rings. The van der Waals surface area contributed by atoms with Gasteiger partial charge in [0.05, 0.1) is 23.3 Å². The average molecular weight is 471 g/mol. The number of halogens is 2. The molecule has 3 atom stereocenters. The van der Waals surface area contributed by atoms with Crippen LogP contribution in [0.1, 0.15) is 38.4 Å². The van der Waals surface area contributed by atoms with Gasteiger partial charge in [-0.3, -0.25) is 19.6 Å². The minimum atomic E-state index is -0.598. The highest BCUT2D eigenvalue weighted by Gasteiger charge is 2.29. The van der Waals surface area contributed by atoms with Crippen LogP contribution in [0.3, 0.4) is 0 Å². The van der Waals surface area contributed by atoms with Crippen LogP contribution < -0.4 is 16.5 Å². The number of hydrazine groups is 1. The van der Waals surface area contributed by atoms with E-state index >= 15 is 0 Å². The highest BCUT2D eigenvalue weighted by Crippen LogP contribution is 2.21. The Bertz CT molecular complexity index is 863. The summed E-state index contributed by atoms with van der Waals surface area (Å²) in [6, 6.07) is 8.53. The molecule has 0 unspecified atom stereocenters. The average Bonchev–Trinajstić information content (AvgIpc) is 2.66. The molecule has 2 amide bonds. The molecule has 0 bridgehead atoms. The molecule has 9 heteroatoms. The molecule has 1 saturated heterocycles. The van der Waals surface area contributed by atoms with Gasteiger partial charge in [-0.2, -0.15) is 0 Å². The van der Waals surface area contributed by atoms with Gasteiger partial charge in [-0.25, -0.2) is 5.43 Å². The van der Waals surface area contributed by atoms with Gasteiger partial charge < -0.3 is 11.1 Å². The second-order valence-electron chi connectivity index (χ2n) is 6.91. The van der Waals surface area contributed by atoms with E-state index in [1.165, 1.54) is 5.01 Å². The lowest BCUT2D eigenvalue weighted by Gasteiger charge is -2.34. The topological polar surface area (TPSA) is 100 Å². The van der Waals surface area contributed by atoms with Gasteiger partial charge in [0, 0.05) is 16.4 Å². The van der Waals surface area contributed by atoms with Crippen molar-refractivity contribution >= 4 is 51.1 Å². The van der Waals surface area contributed by atoms with Crippen LogP contribution in [-0.2, 0) is 9.59 Å². The number of nitrogens with two attached hydrogens (primary N) is 1. The van der Waals surface area contributed by atoms with E-state index in [4.69, 9.17) is 5.73 Å². The molecule has 7 nitrogen and oxygen atoms in total. The summed E-state index contributed by atoms with van der Waals surface area (Å²) in [5.41, 5.74) is 10.3. The molecular weight excluding hydrogens is 446 g/mol. The normalized spacial score (nSPS) is 18.9. The van der Waals surface area contributed by atoms with Crippen LogP contribution in [0, 0.1) is 0 Å². The highest BCUT2D eigenvalue weighted by atomic mass is 79.9. The molecular formula is C19H25BrClN5O2. The predicted octanol–water partition coefficient (Wildman–Crippen LogP) is 2.44. The molecule has 28 heavy (non-hydrogen) atoms. The number of carbonyl (C=O) groups excluding carboxylic acids is 2. The van der Waals surface area contributed by atoms with Crippen LogP contribution in [0.5, 0.6) is 0 Å². The first-order valence-corrected chi connectivity index (χ1v) is 9.84. The number of fused-ring (bicyclic) bond motifs is 1. The van der Waals surface area contributed by atoms with E-state index in [0.717, 1.165) is 27.5 Å². The van der Waals surface area contributed by atoms with Crippen molar-refractivity contribution in [1.82, 2.24) is 20.7 Å². The maximum atomic E-state index is 12.7. The third kappa shape index (κ3) is 5.20. The zero-order valence-electron chi connectivity index (χ0n) is 15.8. The van der Waals surface area contributed by atoms with Gasteiger partial charge in [-0.05, 0) is 44.9 Å². The van der Waals surface area contributed by atoms with E-state index in [2.05, 4.69) is 31.7 Å². The molecule has 0 spiro atoms. The fourth-order valence-corrected chi connectivity index (χ4v) is 3.46.